The number of hydrogen-bond donors (Lipinski definition) is 3. The molecule has 3 rings (SSSR count). The average Bonchev–Trinajstić information content (AvgIpc) is 3.10. The van der Waals surface area contributed by atoms with E-state index < -0.39 is 11.9 Å². The molecule has 9 heteroatoms. The number of nitrogens with zero attached hydrogens (tertiary/aromatic N) is 2. The maximum Gasteiger partial charge on any atom is 0.328 e. The highest BCUT2D eigenvalue weighted by Crippen LogP contribution is 2.31. The summed E-state index contributed by atoms with van der Waals surface area (Å²) in [4.78, 5) is 25.7. The summed E-state index contributed by atoms with van der Waals surface area (Å²) < 4.78 is 0.718. The van der Waals surface area contributed by atoms with E-state index in [-0.39, 0.29) is 0 Å². The molecule has 0 radical (unpaired) electrons. The third-order valence-corrected chi connectivity index (χ3v) is 5.03. The van der Waals surface area contributed by atoms with Gasteiger partial charge in [0.1, 0.15) is 4.60 Å². The third kappa shape index (κ3) is 5.19. The van der Waals surface area contributed by atoms with Crippen LogP contribution in [0.2, 0.25) is 5.02 Å². The van der Waals surface area contributed by atoms with Crippen LogP contribution in [0.4, 0.5) is 5.69 Å². The number of carboxylic acids is 2. The zero-order valence-corrected chi connectivity index (χ0v) is 15.0. The fourth-order valence-corrected chi connectivity index (χ4v) is 3.16. The van der Waals surface area contributed by atoms with Crippen LogP contribution in [0.3, 0.4) is 0 Å². The minimum Gasteiger partial charge on any atom is -0.478 e. The monoisotopic (exact) mass is 417 g/mol. The number of halogens is 2. The Balaban J connectivity index is 0.000000224. The molecular weight excluding hydrogens is 402 g/mol. The van der Waals surface area contributed by atoms with E-state index in [4.69, 9.17) is 21.8 Å². The predicted octanol–water partition coefficient (Wildman–Crippen LogP) is 2.01. The third-order valence-electron chi connectivity index (χ3n) is 3.88. The van der Waals surface area contributed by atoms with Crippen molar-refractivity contribution in [1.29, 1.82) is 0 Å². The molecule has 0 saturated carbocycles. The largest absolute Gasteiger partial charge is 0.478 e. The Morgan fingerprint density at radius 1 is 1.33 bits per heavy atom. The molecule has 0 aliphatic carbocycles. The van der Waals surface area contributed by atoms with E-state index in [1.165, 1.54) is 13.0 Å². The maximum atomic E-state index is 9.55. The molecule has 0 spiro atoms. The number of fused-ring (bicyclic) bond motifs is 1. The summed E-state index contributed by atoms with van der Waals surface area (Å²) in [5.74, 6) is -1.72. The number of carbonyl (C=O) groups is 2. The normalized spacial score (nSPS) is 22.2. The molecule has 0 aromatic carbocycles. The van der Waals surface area contributed by atoms with E-state index in [0.29, 0.717) is 23.2 Å². The van der Waals surface area contributed by atoms with Crippen molar-refractivity contribution in [3.05, 3.63) is 34.0 Å². The van der Waals surface area contributed by atoms with Crippen LogP contribution in [0.5, 0.6) is 0 Å². The van der Waals surface area contributed by atoms with E-state index in [0.717, 1.165) is 29.3 Å². The van der Waals surface area contributed by atoms with Crippen LogP contribution in [-0.4, -0.2) is 52.8 Å². The van der Waals surface area contributed by atoms with Crippen molar-refractivity contribution in [3.8, 4) is 0 Å². The predicted molar refractivity (Wildman–Crippen MR) is 93.5 cm³/mol. The Morgan fingerprint density at radius 3 is 2.54 bits per heavy atom. The number of pyridine rings is 1. The fourth-order valence-electron chi connectivity index (χ4n) is 2.79. The first-order valence-corrected chi connectivity index (χ1v) is 8.47. The van der Waals surface area contributed by atoms with Gasteiger partial charge in [0.2, 0.25) is 0 Å². The maximum absolute atomic E-state index is 9.55. The van der Waals surface area contributed by atoms with Gasteiger partial charge in [-0.2, -0.15) is 0 Å². The smallest absolute Gasteiger partial charge is 0.328 e. The van der Waals surface area contributed by atoms with E-state index in [1.54, 1.807) is 0 Å². The van der Waals surface area contributed by atoms with Crippen molar-refractivity contribution in [3.63, 3.8) is 0 Å². The molecule has 130 valence electrons. The highest BCUT2D eigenvalue weighted by Gasteiger charge is 2.36. The molecule has 2 aliphatic rings. The summed E-state index contributed by atoms with van der Waals surface area (Å²) >= 11 is 9.37. The van der Waals surface area contributed by atoms with Crippen LogP contribution in [0.25, 0.3) is 0 Å². The first-order valence-electron chi connectivity index (χ1n) is 7.30. The summed E-state index contributed by atoms with van der Waals surface area (Å²) in [6.07, 6.45) is 4.29. The minimum atomic E-state index is -1.26. The van der Waals surface area contributed by atoms with Crippen LogP contribution in [0.15, 0.2) is 29.0 Å². The highest BCUT2D eigenvalue weighted by atomic mass is 79.9. The van der Waals surface area contributed by atoms with Crippen LogP contribution < -0.4 is 10.2 Å². The first-order chi connectivity index (χ1) is 11.4. The molecule has 1 aromatic heterocycles. The summed E-state index contributed by atoms with van der Waals surface area (Å²) in [7, 11) is 0. The van der Waals surface area contributed by atoms with Crippen LogP contribution in [0, 0.1) is 5.92 Å². The van der Waals surface area contributed by atoms with Gasteiger partial charge in [0, 0.05) is 31.3 Å². The molecule has 1 aromatic rings. The van der Waals surface area contributed by atoms with Crippen LogP contribution in [-0.2, 0) is 9.59 Å². The minimum absolute atomic E-state index is 0.558. The molecule has 3 N–H and O–H groups in total. The molecule has 0 bridgehead atoms. The SMILES string of the molecule is Clc1cc(N2C[C@H]3CCN[C@H]3C2)cnc1Br.O=C(O)/C=C/C(=O)O. The van der Waals surface area contributed by atoms with Crippen LogP contribution >= 0.6 is 27.5 Å². The number of nitrogens with one attached hydrogen (secondary N) is 1. The summed E-state index contributed by atoms with van der Waals surface area (Å²) in [6, 6.07) is 2.64. The lowest BCUT2D eigenvalue weighted by atomic mass is 10.1. The number of hydrogen-bond acceptors (Lipinski definition) is 5. The van der Waals surface area contributed by atoms with E-state index in [9.17, 15) is 9.59 Å². The highest BCUT2D eigenvalue weighted by molar-refractivity contribution is 9.10. The second-order valence-electron chi connectivity index (χ2n) is 5.49. The van der Waals surface area contributed by atoms with Crippen molar-refractivity contribution in [2.75, 3.05) is 24.5 Å². The number of rotatable bonds is 3. The van der Waals surface area contributed by atoms with Crippen molar-refractivity contribution in [2.24, 2.45) is 5.92 Å². The first kappa shape index (κ1) is 18.7. The van der Waals surface area contributed by atoms with Gasteiger partial charge in [0.25, 0.3) is 0 Å². The molecule has 2 atom stereocenters. The molecular formula is C15H17BrClN3O4. The van der Waals surface area contributed by atoms with Crippen molar-refractivity contribution in [1.82, 2.24) is 10.3 Å². The second-order valence-corrected chi connectivity index (χ2v) is 6.65. The fraction of sp³-hybridized carbons (Fsp3) is 0.400. The van der Waals surface area contributed by atoms with Gasteiger partial charge < -0.3 is 20.4 Å². The Bertz CT molecular complexity index is 628. The molecule has 7 nitrogen and oxygen atoms in total. The summed E-state index contributed by atoms with van der Waals surface area (Å²) in [5.41, 5.74) is 1.13. The van der Waals surface area contributed by atoms with Gasteiger partial charge in [0.05, 0.1) is 16.9 Å². The molecule has 2 saturated heterocycles. The number of carboxylic acid groups (broad SMARTS) is 2. The van der Waals surface area contributed by atoms with E-state index >= 15 is 0 Å². The molecule has 2 fully saturated rings. The lowest BCUT2D eigenvalue weighted by Gasteiger charge is -2.19. The quantitative estimate of drug-likeness (QED) is 0.509. The molecule has 24 heavy (non-hydrogen) atoms. The Kier molecular flexibility index (Phi) is 6.59. The van der Waals surface area contributed by atoms with Crippen molar-refractivity contribution in [2.45, 2.75) is 12.5 Å². The van der Waals surface area contributed by atoms with Gasteiger partial charge in [-0.05, 0) is 40.9 Å². The van der Waals surface area contributed by atoms with Crippen LogP contribution in [0.1, 0.15) is 6.42 Å². The van der Waals surface area contributed by atoms with E-state index in [2.05, 4.69) is 31.1 Å². The lowest BCUT2D eigenvalue weighted by Crippen LogP contribution is -2.30. The number of aromatic nitrogens is 1. The Hall–Kier alpha value is -1.64. The van der Waals surface area contributed by atoms with Gasteiger partial charge in [-0.25, -0.2) is 14.6 Å². The zero-order valence-electron chi connectivity index (χ0n) is 12.7. The van der Waals surface area contributed by atoms with Gasteiger partial charge in [0.15, 0.2) is 0 Å². The van der Waals surface area contributed by atoms with E-state index in [1.807, 2.05) is 12.3 Å². The lowest BCUT2D eigenvalue weighted by molar-refractivity contribution is -0.134. The second kappa shape index (κ2) is 8.46. The Morgan fingerprint density at radius 2 is 2.00 bits per heavy atom. The molecule has 0 unspecified atom stereocenters. The number of aliphatic carboxylic acids is 2. The molecule has 3 heterocycles. The molecule has 2 aliphatic heterocycles. The van der Waals surface area contributed by atoms with Gasteiger partial charge in [-0.1, -0.05) is 11.6 Å². The topological polar surface area (TPSA) is 103 Å². The van der Waals surface area contributed by atoms with Gasteiger partial charge in [-0.3, -0.25) is 0 Å². The average molecular weight is 419 g/mol. The summed E-state index contributed by atoms with van der Waals surface area (Å²) in [6.45, 7) is 3.37. The Labute approximate surface area is 152 Å². The van der Waals surface area contributed by atoms with Crippen molar-refractivity contribution < 1.29 is 19.8 Å². The molecule has 0 amide bonds. The summed E-state index contributed by atoms with van der Waals surface area (Å²) in [5, 5.41) is 19.8. The van der Waals surface area contributed by atoms with Gasteiger partial charge >= 0.3 is 11.9 Å². The number of anilines is 1. The zero-order chi connectivity index (χ0) is 17.7. The van der Waals surface area contributed by atoms with Crippen molar-refractivity contribution >= 4 is 45.2 Å². The standard InChI is InChI=1S/C11H13BrClN3.C4H4O4/c12-11-9(13)3-8(4-15-11)16-5-7-1-2-14-10(7)6-16;5-3(6)1-2-4(7)8/h3-4,7,10,14H,1-2,5-6H2;1-2H,(H,5,6)(H,7,8)/b;2-1+/t7-,10+;/m1./s1. The van der Waals surface area contributed by atoms with Gasteiger partial charge in [-0.15, -0.1) is 0 Å².